The molecule has 104 valence electrons. The SMILES string of the molecule is CC1(C)CCCC(C(=O)O)(N2CCOCC2)CC1. The maximum absolute atomic E-state index is 11.9. The fraction of sp³-hybridized carbons (Fsp3) is 0.929. The molecule has 1 saturated carbocycles. The van der Waals surface area contributed by atoms with Gasteiger partial charge in [0.2, 0.25) is 0 Å². The summed E-state index contributed by atoms with van der Waals surface area (Å²) in [5.41, 5.74) is -0.360. The van der Waals surface area contributed by atoms with Crippen LogP contribution in [-0.2, 0) is 9.53 Å². The first-order valence-electron chi connectivity index (χ1n) is 7.03. The van der Waals surface area contributed by atoms with Crippen molar-refractivity contribution in [2.75, 3.05) is 26.3 Å². The quantitative estimate of drug-likeness (QED) is 0.768. The van der Waals surface area contributed by atoms with Gasteiger partial charge in [-0.05, 0) is 31.1 Å². The van der Waals surface area contributed by atoms with Crippen LogP contribution in [0.1, 0.15) is 46.0 Å². The Morgan fingerprint density at radius 2 is 1.78 bits per heavy atom. The highest BCUT2D eigenvalue weighted by Crippen LogP contribution is 2.41. The minimum atomic E-state index is -0.641. The zero-order chi connectivity index (χ0) is 13.2. The lowest BCUT2D eigenvalue weighted by Crippen LogP contribution is -2.58. The first-order valence-corrected chi connectivity index (χ1v) is 7.03. The molecule has 1 aliphatic carbocycles. The van der Waals surface area contributed by atoms with E-state index in [1.165, 1.54) is 0 Å². The summed E-state index contributed by atoms with van der Waals surface area (Å²) in [6.45, 7) is 7.35. The van der Waals surface area contributed by atoms with Crippen molar-refractivity contribution in [3.63, 3.8) is 0 Å². The molecule has 2 fully saturated rings. The summed E-state index contributed by atoms with van der Waals surface area (Å²) in [4.78, 5) is 14.0. The molecule has 0 aromatic carbocycles. The minimum absolute atomic E-state index is 0.281. The Kier molecular flexibility index (Phi) is 3.97. The fourth-order valence-corrected chi connectivity index (χ4v) is 3.31. The Hall–Kier alpha value is -0.610. The van der Waals surface area contributed by atoms with E-state index >= 15 is 0 Å². The van der Waals surface area contributed by atoms with Gasteiger partial charge in [0.1, 0.15) is 5.54 Å². The third-order valence-corrected chi connectivity index (χ3v) is 4.67. The van der Waals surface area contributed by atoms with Crippen molar-refractivity contribution in [3.8, 4) is 0 Å². The molecule has 1 atom stereocenters. The molecule has 1 N–H and O–H groups in total. The van der Waals surface area contributed by atoms with Crippen molar-refractivity contribution in [3.05, 3.63) is 0 Å². The van der Waals surface area contributed by atoms with Crippen LogP contribution in [0.3, 0.4) is 0 Å². The van der Waals surface area contributed by atoms with Gasteiger partial charge < -0.3 is 9.84 Å². The van der Waals surface area contributed by atoms with E-state index in [2.05, 4.69) is 18.7 Å². The van der Waals surface area contributed by atoms with E-state index in [1.54, 1.807) is 0 Å². The van der Waals surface area contributed by atoms with Crippen LogP contribution in [0.25, 0.3) is 0 Å². The lowest BCUT2D eigenvalue weighted by molar-refractivity contribution is -0.156. The van der Waals surface area contributed by atoms with Crippen LogP contribution in [-0.4, -0.2) is 47.8 Å². The largest absolute Gasteiger partial charge is 0.480 e. The lowest BCUT2D eigenvalue weighted by atomic mass is 9.83. The molecular formula is C14H25NO3. The molecule has 0 aromatic heterocycles. The van der Waals surface area contributed by atoms with Crippen LogP contribution in [0, 0.1) is 5.41 Å². The van der Waals surface area contributed by atoms with E-state index in [9.17, 15) is 9.90 Å². The van der Waals surface area contributed by atoms with E-state index in [0.29, 0.717) is 13.2 Å². The van der Waals surface area contributed by atoms with Crippen molar-refractivity contribution in [2.45, 2.75) is 51.5 Å². The fourth-order valence-electron chi connectivity index (χ4n) is 3.31. The molecule has 18 heavy (non-hydrogen) atoms. The van der Waals surface area contributed by atoms with E-state index in [0.717, 1.165) is 45.2 Å². The number of morpholine rings is 1. The summed E-state index contributed by atoms with van der Waals surface area (Å²) in [5, 5.41) is 9.75. The average molecular weight is 255 g/mol. The van der Waals surface area contributed by atoms with Crippen molar-refractivity contribution < 1.29 is 14.6 Å². The predicted octanol–water partition coefficient (Wildman–Crippen LogP) is 2.13. The van der Waals surface area contributed by atoms with Crippen LogP contribution in [0.4, 0.5) is 0 Å². The molecule has 4 nitrogen and oxygen atoms in total. The number of rotatable bonds is 2. The summed E-state index contributed by atoms with van der Waals surface area (Å²) in [6.07, 6.45) is 4.70. The van der Waals surface area contributed by atoms with Crippen molar-refractivity contribution in [1.82, 2.24) is 4.90 Å². The van der Waals surface area contributed by atoms with Gasteiger partial charge in [0.05, 0.1) is 13.2 Å². The van der Waals surface area contributed by atoms with Gasteiger partial charge in [0.15, 0.2) is 0 Å². The molecule has 2 rings (SSSR count). The number of aliphatic carboxylic acids is 1. The molecule has 1 unspecified atom stereocenters. The minimum Gasteiger partial charge on any atom is -0.480 e. The Bertz CT molecular complexity index is 310. The standard InChI is InChI=1S/C14H25NO3/c1-13(2)4-3-5-14(7-6-13,12(16)17)15-8-10-18-11-9-15/h3-11H2,1-2H3,(H,16,17). The van der Waals surface area contributed by atoms with Crippen molar-refractivity contribution in [1.29, 1.82) is 0 Å². The number of carboxylic acids is 1. The van der Waals surface area contributed by atoms with Crippen LogP contribution in [0.5, 0.6) is 0 Å². The first kappa shape index (κ1) is 13.8. The summed E-state index contributed by atoms with van der Waals surface area (Å²) in [7, 11) is 0. The van der Waals surface area contributed by atoms with Crippen LogP contribution in [0.2, 0.25) is 0 Å². The normalized spacial score (nSPS) is 33.9. The lowest BCUT2D eigenvalue weighted by Gasteiger charge is -2.42. The van der Waals surface area contributed by atoms with Gasteiger partial charge in [0, 0.05) is 13.1 Å². The average Bonchev–Trinajstić information content (AvgIpc) is 2.50. The number of carbonyl (C=O) groups is 1. The zero-order valence-electron chi connectivity index (χ0n) is 11.6. The highest BCUT2D eigenvalue weighted by molar-refractivity contribution is 5.78. The number of ether oxygens (including phenoxy) is 1. The van der Waals surface area contributed by atoms with Gasteiger partial charge in [-0.1, -0.05) is 20.3 Å². The second kappa shape index (κ2) is 5.17. The highest BCUT2D eigenvalue weighted by atomic mass is 16.5. The molecule has 0 bridgehead atoms. The van der Waals surface area contributed by atoms with Gasteiger partial charge >= 0.3 is 5.97 Å². The Labute approximate surface area is 109 Å². The molecule has 2 aliphatic rings. The van der Waals surface area contributed by atoms with Gasteiger partial charge in [-0.25, -0.2) is 0 Å². The third-order valence-electron chi connectivity index (χ3n) is 4.67. The van der Waals surface area contributed by atoms with E-state index in [1.807, 2.05) is 0 Å². The van der Waals surface area contributed by atoms with Gasteiger partial charge in [-0.3, -0.25) is 9.69 Å². The monoisotopic (exact) mass is 255 g/mol. The molecule has 1 aliphatic heterocycles. The molecule has 0 radical (unpaired) electrons. The zero-order valence-corrected chi connectivity index (χ0v) is 11.6. The number of hydrogen-bond donors (Lipinski definition) is 1. The van der Waals surface area contributed by atoms with E-state index < -0.39 is 11.5 Å². The molecule has 0 spiro atoms. The topological polar surface area (TPSA) is 49.8 Å². The number of hydrogen-bond acceptors (Lipinski definition) is 3. The molecule has 1 saturated heterocycles. The summed E-state index contributed by atoms with van der Waals surface area (Å²) in [5.74, 6) is -0.637. The molecule has 0 amide bonds. The molecule has 4 heteroatoms. The second-order valence-corrected chi connectivity index (χ2v) is 6.45. The summed E-state index contributed by atoms with van der Waals surface area (Å²) in [6, 6.07) is 0. The predicted molar refractivity (Wildman–Crippen MR) is 69.6 cm³/mol. The molecule has 0 aromatic rings. The van der Waals surface area contributed by atoms with Gasteiger partial charge in [0.25, 0.3) is 0 Å². The maximum atomic E-state index is 11.9. The van der Waals surface area contributed by atoms with E-state index in [-0.39, 0.29) is 5.41 Å². The van der Waals surface area contributed by atoms with E-state index in [4.69, 9.17) is 4.74 Å². The van der Waals surface area contributed by atoms with Crippen LogP contribution < -0.4 is 0 Å². The Morgan fingerprint density at radius 1 is 1.11 bits per heavy atom. The Balaban J connectivity index is 2.18. The van der Waals surface area contributed by atoms with Crippen molar-refractivity contribution in [2.24, 2.45) is 5.41 Å². The summed E-state index contributed by atoms with van der Waals surface area (Å²) < 4.78 is 5.35. The molecule has 1 heterocycles. The maximum Gasteiger partial charge on any atom is 0.324 e. The second-order valence-electron chi connectivity index (χ2n) is 6.45. The summed E-state index contributed by atoms with van der Waals surface area (Å²) >= 11 is 0. The van der Waals surface area contributed by atoms with Gasteiger partial charge in [-0.15, -0.1) is 0 Å². The molecular weight excluding hydrogens is 230 g/mol. The van der Waals surface area contributed by atoms with Crippen LogP contribution >= 0.6 is 0 Å². The Morgan fingerprint density at radius 3 is 2.39 bits per heavy atom. The van der Waals surface area contributed by atoms with Crippen LogP contribution in [0.15, 0.2) is 0 Å². The van der Waals surface area contributed by atoms with Gasteiger partial charge in [-0.2, -0.15) is 0 Å². The number of nitrogens with zero attached hydrogens (tertiary/aromatic N) is 1. The number of carboxylic acid groups (broad SMARTS) is 1. The first-order chi connectivity index (χ1) is 8.46. The highest BCUT2D eigenvalue weighted by Gasteiger charge is 2.46. The van der Waals surface area contributed by atoms with Crippen molar-refractivity contribution >= 4 is 5.97 Å². The third kappa shape index (κ3) is 2.69. The smallest absolute Gasteiger partial charge is 0.324 e.